The van der Waals surface area contributed by atoms with Crippen molar-refractivity contribution in [1.82, 2.24) is 15.4 Å². The van der Waals surface area contributed by atoms with Crippen LogP contribution in [0.15, 0.2) is 18.2 Å². The molecule has 0 amide bonds. The highest BCUT2D eigenvalue weighted by Gasteiger charge is 2.35. The van der Waals surface area contributed by atoms with Crippen molar-refractivity contribution in [3.8, 4) is 6.07 Å². The molecule has 6 nitrogen and oxygen atoms in total. The summed E-state index contributed by atoms with van der Waals surface area (Å²) in [6, 6.07) is 2.72. The SMILES string of the molecule is COC(=O)C1C=C(c2nc(C(F)(F)F)ccc2C#N)N(C)N1. The lowest BCUT2D eigenvalue weighted by atomic mass is 10.1. The van der Waals surface area contributed by atoms with Gasteiger partial charge in [0.25, 0.3) is 0 Å². The topological polar surface area (TPSA) is 78.2 Å². The Hall–Kier alpha value is -2.60. The van der Waals surface area contributed by atoms with E-state index in [-0.39, 0.29) is 17.0 Å². The third-order valence-corrected chi connectivity index (χ3v) is 3.02. The quantitative estimate of drug-likeness (QED) is 0.830. The highest BCUT2D eigenvalue weighted by molar-refractivity contribution is 5.83. The first-order valence-electron chi connectivity index (χ1n) is 6.06. The third-order valence-electron chi connectivity index (χ3n) is 3.02. The molecular weight excluding hydrogens is 301 g/mol. The second-order valence-electron chi connectivity index (χ2n) is 4.44. The van der Waals surface area contributed by atoms with Crippen LogP contribution >= 0.6 is 0 Å². The molecule has 0 aromatic carbocycles. The molecule has 0 aliphatic carbocycles. The highest BCUT2D eigenvalue weighted by Crippen LogP contribution is 2.31. The first-order chi connectivity index (χ1) is 10.3. The second kappa shape index (κ2) is 5.65. The average molecular weight is 312 g/mol. The Morgan fingerprint density at radius 1 is 1.50 bits per heavy atom. The Morgan fingerprint density at radius 3 is 2.73 bits per heavy atom. The number of nitriles is 1. The number of carbonyl (C=O) groups excluding carboxylic acids is 1. The minimum absolute atomic E-state index is 0.0292. The second-order valence-corrected chi connectivity index (χ2v) is 4.44. The summed E-state index contributed by atoms with van der Waals surface area (Å²) in [6.45, 7) is 0. The van der Waals surface area contributed by atoms with Crippen molar-refractivity contribution in [1.29, 1.82) is 5.26 Å². The molecule has 22 heavy (non-hydrogen) atoms. The molecule has 0 bridgehead atoms. The zero-order chi connectivity index (χ0) is 16.5. The van der Waals surface area contributed by atoms with Crippen LogP contribution in [-0.2, 0) is 15.7 Å². The van der Waals surface area contributed by atoms with Crippen molar-refractivity contribution >= 4 is 11.7 Å². The summed E-state index contributed by atoms with van der Waals surface area (Å²) in [5, 5.41) is 10.4. The first kappa shape index (κ1) is 15.8. The molecule has 2 rings (SSSR count). The fourth-order valence-corrected chi connectivity index (χ4v) is 1.97. The normalized spacial score (nSPS) is 17.9. The Kier molecular flexibility index (Phi) is 4.05. The van der Waals surface area contributed by atoms with Gasteiger partial charge in [-0.2, -0.15) is 18.4 Å². The van der Waals surface area contributed by atoms with Crippen LogP contribution in [0.4, 0.5) is 13.2 Å². The third kappa shape index (κ3) is 2.87. The molecule has 1 aromatic heterocycles. The van der Waals surface area contributed by atoms with Gasteiger partial charge in [0.05, 0.1) is 18.4 Å². The Morgan fingerprint density at radius 2 is 2.18 bits per heavy atom. The minimum atomic E-state index is -4.63. The number of methoxy groups -OCH3 is 1. The van der Waals surface area contributed by atoms with Crippen molar-refractivity contribution in [2.45, 2.75) is 12.2 Å². The van der Waals surface area contributed by atoms with Crippen molar-refractivity contribution in [2.24, 2.45) is 0 Å². The number of alkyl halides is 3. The van der Waals surface area contributed by atoms with Gasteiger partial charge < -0.3 is 9.75 Å². The number of nitrogens with one attached hydrogen (secondary N) is 1. The fraction of sp³-hybridized carbons (Fsp3) is 0.308. The number of pyridine rings is 1. The molecule has 2 heterocycles. The van der Waals surface area contributed by atoms with E-state index in [1.165, 1.54) is 25.2 Å². The maximum Gasteiger partial charge on any atom is 0.433 e. The number of ether oxygens (including phenoxy) is 1. The number of rotatable bonds is 2. The molecule has 0 spiro atoms. The molecule has 0 saturated heterocycles. The summed E-state index contributed by atoms with van der Waals surface area (Å²) in [6.07, 6.45) is -3.27. The lowest BCUT2D eigenvalue weighted by Gasteiger charge is -2.18. The monoisotopic (exact) mass is 312 g/mol. The molecule has 1 N–H and O–H groups in total. The molecule has 1 unspecified atom stereocenters. The van der Waals surface area contributed by atoms with Gasteiger partial charge in [-0.25, -0.2) is 15.2 Å². The first-order valence-corrected chi connectivity index (χ1v) is 6.06. The van der Waals surface area contributed by atoms with E-state index in [1.807, 2.05) is 0 Å². The van der Waals surface area contributed by atoms with Crippen molar-refractivity contribution < 1.29 is 22.7 Å². The summed E-state index contributed by atoms with van der Waals surface area (Å²) in [5.74, 6) is -0.604. The molecule has 1 aliphatic rings. The van der Waals surface area contributed by atoms with Crippen LogP contribution in [0.5, 0.6) is 0 Å². The van der Waals surface area contributed by atoms with Gasteiger partial charge in [-0.05, 0) is 18.2 Å². The summed E-state index contributed by atoms with van der Waals surface area (Å²) < 4.78 is 42.9. The average Bonchev–Trinajstić information content (AvgIpc) is 2.86. The van der Waals surface area contributed by atoms with E-state index in [4.69, 9.17) is 5.26 Å². The van der Waals surface area contributed by atoms with Gasteiger partial charge in [0.2, 0.25) is 0 Å². The number of hydrogen-bond acceptors (Lipinski definition) is 6. The van der Waals surface area contributed by atoms with Gasteiger partial charge in [-0.3, -0.25) is 0 Å². The van der Waals surface area contributed by atoms with Crippen LogP contribution in [0.25, 0.3) is 5.70 Å². The van der Waals surface area contributed by atoms with E-state index in [1.54, 1.807) is 6.07 Å². The number of halogens is 3. The van der Waals surface area contributed by atoms with E-state index in [2.05, 4.69) is 15.1 Å². The number of hydrazine groups is 1. The molecule has 1 atom stereocenters. The predicted octanol–water partition coefficient (Wildman–Crippen LogP) is 1.30. The largest absolute Gasteiger partial charge is 0.468 e. The van der Waals surface area contributed by atoms with Gasteiger partial charge in [0.15, 0.2) is 0 Å². The smallest absolute Gasteiger partial charge is 0.433 e. The van der Waals surface area contributed by atoms with Gasteiger partial charge in [-0.1, -0.05) is 0 Å². The molecule has 1 aromatic rings. The molecule has 0 radical (unpaired) electrons. The van der Waals surface area contributed by atoms with Gasteiger partial charge in [-0.15, -0.1) is 0 Å². The zero-order valence-corrected chi connectivity index (χ0v) is 11.6. The number of aromatic nitrogens is 1. The summed E-state index contributed by atoms with van der Waals surface area (Å²) in [5.41, 5.74) is 1.59. The van der Waals surface area contributed by atoms with Crippen LogP contribution < -0.4 is 5.43 Å². The molecular formula is C13H11F3N4O2. The summed E-state index contributed by atoms with van der Waals surface area (Å²) in [4.78, 5) is 15.0. The van der Waals surface area contributed by atoms with Gasteiger partial charge in [0.1, 0.15) is 23.5 Å². The molecule has 9 heteroatoms. The molecule has 0 saturated carbocycles. The number of hydrogen-bond donors (Lipinski definition) is 1. The lowest BCUT2D eigenvalue weighted by molar-refractivity contribution is -0.142. The van der Waals surface area contributed by atoms with Crippen LogP contribution in [0.1, 0.15) is 17.0 Å². The standard InChI is InChI=1S/C13H11F3N4O2/c1-20-9(5-8(19-20)12(21)22-2)11-7(6-17)3-4-10(18-11)13(14,15)16/h3-5,8,19H,1-2H3. The highest BCUT2D eigenvalue weighted by atomic mass is 19.4. The number of esters is 1. The number of nitrogens with zero attached hydrogens (tertiary/aromatic N) is 3. The minimum Gasteiger partial charge on any atom is -0.468 e. The van der Waals surface area contributed by atoms with Crippen LogP contribution in [0.3, 0.4) is 0 Å². The van der Waals surface area contributed by atoms with E-state index < -0.39 is 23.9 Å². The fourth-order valence-electron chi connectivity index (χ4n) is 1.97. The van der Waals surface area contributed by atoms with E-state index in [9.17, 15) is 18.0 Å². The number of carbonyl (C=O) groups is 1. The predicted molar refractivity (Wildman–Crippen MR) is 68.6 cm³/mol. The van der Waals surface area contributed by atoms with Crippen LogP contribution in [0, 0.1) is 11.3 Å². The Balaban J connectivity index is 2.51. The summed E-state index contributed by atoms with van der Waals surface area (Å²) >= 11 is 0. The Bertz CT molecular complexity index is 679. The molecule has 116 valence electrons. The summed E-state index contributed by atoms with van der Waals surface area (Å²) in [7, 11) is 2.69. The van der Waals surface area contributed by atoms with E-state index >= 15 is 0 Å². The van der Waals surface area contributed by atoms with Crippen LogP contribution in [-0.4, -0.2) is 36.2 Å². The van der Waals surface area contributed by atoms with Crippen molar-refractivity contribution in [3.63, 3.8) is 0 Å². The van der Waals surface area contributed by atoms with E-state index in [0.717, 1.165) is 12.1 Å². The van der Waals surface area contributed by atoms with E-state index in [0.29, 0.717) is 0 Å². The van der Waals surface area contributed by atoms with Crippen molar-refractivity contribution in [3.05, 3.63) is 35.2 Å². The Labute approximate surface area is 123 Å². The van der Waals surface area contributed by atoms with Crippen LogP contribution in [0.2, 0.25) is 0 Å². The van der Waals surface area contributed by atoms with Crippen molar-refractivity contribution in [2.75, 3.05) is 14.2 Å². The zero-order valence-electron chi connectivity index (χ0n) is 11.6. The van der Waals surface area contributed by atoms with Gasteiger partial charge >= 0.3 is 12.1 Å². The molecule has 1 aliphatic heterocycles. The lowest BCUT2D eigenvalue weighted by Crippen LogP contribution is -2.39. The maximum atomic E-state index is 12.8. The van der Waals surface area contributed by atoms with Gasteiger partial charge in [0, 0.05) is 7.05 Å². The maximum absolute atomic E-state index is 12.8. The molecule has 0 fully saturated rings.